The molecule has 1 unspecified atom stereocenters. The van der Waals surface area contributed by atoms with E-state index in [1.165, 1.54) is 6.07 Å². The van der Waals surface area contributed by atoms with Gasteiger partial charge in [0, 0.05) is 11.6 Å². The third-order valence-corrected chi connectivity index (χ3v) is 2.74. The van der Waals surface area contributed by atoms with Crippen molar-refractivity contribution in [3.05, 3.63) is 35.1 Å². The molecule has 0 saturated heterocycles. The fraction of sp³-hybridized carbons (Fsp3) is 0.538. The van der Waals surface area contributed by atoms with Gasteiger partial charge in [0.15, 0.2) is 17.5 Å². The number of hydrogen-bond donors (Lipinski definition) is 1. The van der Waals surface area contributed by atoms with Gasteiger partial charge in [0.2, 0.25) is 0 Å². The quantitative estimate of drug-likeness (QED) is 0.748. The predicted molar refractivity (Wildman–Crippen MR) is 62.3 cm³/mol. The summed E-state index contributed by atoms with van der Waals surface area (Å²) in [6.45, 7) is 4.59. The zero-order valence-electron chi connectivity index (χ0n) is 10.2. The molecule has 0 amide bonds. The lowest BCUT2D eigenvalue weighted by Gasteiger charge is -2.19. The summed E-state index contributed by atoms with van der Waals surface area (Å²) in [4.78, 5) is 0. The molecule has 0 saturated carbocycles. The minimum absolute atomic E-state index is 0.208. The molecule has 0 radical (unpaired) electrons. The van der Waals surface area contributed by atoms with Crippen LogP contribution in [-0.2, 0) is 0 Å². The molecule has 1 rings (SSSR count). The van der Waals surface area contributed by atoms with E-state index in [1.807, 2.05) is 13.8 Å². The molecule has 1 nitrogen and oxygen atoms in total. The van der Waals surface area contributed by atoms with Crippen LogP contribution in [-0.4, -0.2) is 6.54 Å². The summed E-state index contributed by atoms with van der Waals surface area (Å²) >= 11 is 0. The number of hydrogen-bond acceptors (Lipinski definition) is 1. The first kappa shape index (κ1) is 14.0. The minimum Gasteiger partial charge on any atom is -0.310 e. The second-order valence-electron chi connectivity index (χ2n) is 4.02. The summed E-state index contributed by atoms with van der Waals surface area (Å²) in [7, 11) is 0. The van der Waals surface area contributed by atoms with E-state index in [-0.39, 0.29) is 11.6 Å². The fourth-order valence-corrected chi connectivity index (χ4v) is 1.83. The largest absolute Gasteiger partial charge is 0.310 e. The van der Waals surface area contributed by atoms with Gasteiger partial charge >= 0.3 is 0 Å². The van der Waals surface area contributed by atoms with Crippen molar-refractivity contribution in [3.8, 4) is 0 Å². The van der Waals surface area contributed by atoms with Gasteiger partial charge in [0.05, 0.1) is 0 Å². The number of unbranched alkanes of at least 4 members (excludes halogenated alkanes) is 1. The van der Waals surface area contributed by atoms with Crippen LogP contribution in [0.2, 0.25) is 0 Å². The summed E-state index contributed by atoms with van der Waals surface area (Å²) in [5.41, 5.74) is 0.208. The molecule has 0 bridgehead atoms. The summed E-state index contributed by atoms with van der Waals surface area (Å²) in [5.74, 6) is -3.61. The number of halogens is 3. The number of nitrogens with one attached hydrogen (secondary N) is 1. The maximum atomic E-state index is 13.6. The Morgan fingerprint density at radius 3 is 2.41 bits per heavy atom. The Kier molecular flexibility index (Phi) is 5.48. The Balaban J connectivity index is 2.97. The lowest BCUT2D eigenvalue weighted by atomic mass is 10.00. The highest BCUT2D eigenvalue weighted by Crippen LogP contribution is 2.25. The first-order valence-electron chi connectivity index (χ1n) is 5.98. The molecule has 0 aliphatic carbocycles. The van der Waals surface area contributed by atoms with E-state index < -0.39 is 17.5 Å². The van der Waals surface area contributed by atoms with Gasteiger partial charge in [0.25, 0.3) is 0 Å². The first-order chi connectivity index (χ1) is 8.11. The fourth-order valence-electron chi connectivity index (χ4n) is 1.83. The zero-order chi connectivity index (χ0) is 12.8. The molecule has 1 aromatic carbocycles. The van der Waals surface area contributed by atoms with E-state index in [1.54, 1.807) is 0 Å². The molecular formula is C13H18F3N. The third kappa shape index (κ3) is 3.46. The van der Waals surface area contributed by atoms with Crippen LogP contribution in [0.3, 0.4) is 0 Å². The molecule has 0 aliphatic rings. The molecule has 4 heteroatoms. The second-order valence-corrected chi connectivity index (χ2v) is 4.02. The summed E-state index contributed by atoms with van der Waals surface area (Å²) in [5, 5.41) is 3.09. The maximum absolute atomic E-state index is 13.6. The summed E-state index contributed by atoms with van der Waals surface area (Å²) in [6.07, 6.45) is 2.61. The monoisotopic (exact) mass is 245 g/mol. The second kappa shape index (κ2) is 6.64. The molecule has 1 N–H and O–H groups in total. The van der Waals surface area contributed by atoms with Gasteiger partial charge in [-0.05, 0) is 19.0 Å². The molecule has 0 heterocycles. The highest BCUT2D eigenvalue weighted by Gasteiger charge is 2.19. The van der Waals surface area contributed by atoms with E-state index in [0.29, 0.717) is 13.0 Å². The Morgan fingerprint density at radius 1 is 1.12 bits per heavy atom. The maximum Gasteiger partial charge on any atom is 0.194 e. The summed E-state index contributed by atoms with van der Waals surface area (Å²) in [6, 6.07) is 2.04. The van der Waals surface area contributed by atoms with E-state index in [2.05, 4.69) is 5.32 Å². The number of rotatable bonds is 6. The van der Waals surface area contributed by atoms with Crippen LogP contribution >= 0.6 is 0 Å². The van der Waals surface area contributed by atoms with Crippen molar-refractivity contribution in [1.29, 1.82) is 0 Å². The average molecular weight is 245 g/mol. The van der Waals surface area contributed by atoms with Crippen LogP contribution in [0.25, 0.3) is 0 Å². The average Bonchev–Trinajstić information content (AvgIpc) is 2.32. The molecule has 17 heavy (non-hydrogen) atoms. The van der Waals surface area contributed by atoms with Crippen LogP contribution in [0.1, 0.15) is 44.7 Å². The molecule has 0 aliphatic heterocycles. The van der Waals surface area contributed by atoms with Crippen LogP contribution in [0.15, 0.2) is 12.1 Å². The SMILES string of the molecule is CCCCC(NCC)c1ccc(F)c(F)c1F. The molecule has 0 aromatic heterocycles. The Bertz CT molecular complexity index is 366. The smallest absolute Gasteiger partial charge is 0.194 e. The van der Waals surface area contributed by atoms with Gasteiger partial charge in [-0.2, -0.15) is 0 Å². The molecule has 96 valence electrons. The highest BCUT2D eigenvalue weighted by molar-refractivity contribution is 5.23. The van der Waals surface area contributed by atoms with Crippen molar-refractivity contribution >= 4 is 0 Å². The minimum atomic E-state index is -1.39. The summed E-state index contributed by atoms with van der Waals surface area (Å²) < 4.78 is 39.6. The van der Waals surface area contributed by atoms with Gasteiger partial charge in [-0.3, -0.25) is 0 Å². The zero-order valence-corrected chi connectivity index (χ0v) is 10.2. The van der Waals surface area contributed by atoms with E-state index in [0.717, 1.165) is 18.9 Å². The highest BCUT2D eigenvalue weighted by atomic mass is 19.2. The van der Waals surface area contributed by atoms with Gasteiger partial charge in [0.1, 0.15) is 0 Å². The standard InChI is InChI=1S/C13H18F3N/c1-3-5-6-11(17-4-2)9-7-8-10(14)13(16)12(9)15/h7-8,11,17H,3-6H2,1-2H3. The van der Waals surface area contributed by atoms with Crippen molar-refractivity contribution in [2.45, 2.75) is 39.2 Å². The molecule has 0 fully saturated rings. The van der Waals surface area contributed by atoms with Crippen molar-refractivity contribution in [2.75, 3.05) is 6.54 Å². The van der Waals surface area contributed by atoms with E-state index >= 15 is 0 Å². The predicted octanol–water partition coefficient (Wildman–Crippen LogP) is 3.94. The molecule has 1 atom stereocenters. The van der Waals surface area contributed by atoms with Gasteiger partial charge in [-0.25, -0.2) is 13.2 Å². The van der Waals surface area contributed by atoms with Gasteiger partial charge in [-0.15, -0.1) is 0 Å². The van der Waals surface area contributed by atoms with Crippen LogP contribution in [0, 0.1) is 17.5 Å². The lowest BCUT2D eigenvalue weighted by Crippen LogP contribution is -2.22. The van der Waals surface area contributed by atoms with Crippen LogP contribution < -0.4 is 5.32 Å². The van der Waals surface area contributed by atoms with E-state index in [9.17, 15) is 13.2 Å². The Hall–Kier alpha value is -1.03. The normalized spacial score (nSPS) is 12.8. The lowest BCUT2D eigenvalue weighted by molar-refractivity contribution is 0.416. The van der Waals surface area contributed by atoms with Crippen molar-refractivity contribution in [1.82, 2.24) is 5.32 Å². The Morgan fingerprint density at radius 2 is 1.82 bits per heavy atom. The molecule has 1 aromatic rings. The van der Waals surface area contributed by atoms with Crippen LogP contribution in [0.5, 0.6) is 0 Å². The molecule has 0 spiro atoms. The Labute approximate surface area is 100 Å². The molecular weight excluding hydrogens is 227 g/mol. The number of benzene rings is 1. The van der Waals surface area contributed by atoms with Crippen molar-refractivity contribution in [3.63, 3.8) is 0 Å². The topological polar surface area (TPSA) is 12.0 Å². The van der Waals surface area contributed by atoms with Crippen LogP contribution in [0.4, 0.5) is 13.2 Å². The van der Waals surface area contributed by atoms with Gasteiger partial charge in [-0.1, -0.05) is 32.8 Å². The van der Waals surface area contributed by atoms with Crippen molar-refractivity contribution in [2.24, 2.45) is 0 Å². The first-order valence-corrected chi connectivity index (χ1v) is 5.98. The third-order valence-electron chi connectivity index (χ3n) is 2.74. The van der Waals surface area contributed by atoms with E-state index in [4.69, 9.17) is 0 Å². The van der Waals surface area contributed by atoms with Crippen molar-refractivity contribution < 1.29 is 13.2 Å². The van der Waals surface area contributed by atoms with Gasteiger partial charge < -0.3 is 5.32 Å².